The summed E-state index contributed by atoms with van der Waals surface area (Å²) in [6.45, 7) is 16.1. The monoisotopic (exact) mass is 682 g/mol. The molecule has 3 amide bonds. The molecule has 0 aliphatic carbocycles. The number of nitro benzene ring substituents is 1. The molecule has 0 radical (unpaired) electrons. The van der Waals surface area contributed by atoms with Gasteiger partial charge in [0.2, 0.25) is 5.91 Å². The minimum absolute atomic E-state index is 0.0118. The topological polar surface area (TPSA) is 176 Å². The zero-order valence-electron chi connectivity index (χ0n) is 27.9. The summed E-state index contributed by atoms with van der Waals surface area (Å²) in [7, 11) is -2.12. The number of nitrogens with one attached hydrogen (secondary N) is 3. The molecule has 16 heteroatoms. The summed E-state index contributed by atoms with van der Waals surface area (Å²) in [6.07, 6.45) is -0.734. The lowest BCUT2D eigenvalue weighted by Gasteiger charge is -2.38. The highest BCUT2D eigenvalue weighted by molar-refractivity contribution is 8.00. The van der Waals surface area contributed by atoms with Crippen LogP contribution in [-0.4, -0.2) is 114 Å². The van der Waals surface area contributed by atoms with Gasteiger partial charge in [-0.05, 0) is 56.1 Å². The molecule has 0 bridgehead atoms. The second kappa shape index (κ2) is 16.4. The Morgan fingerprint density at radius 1 is 1.22 bits per heavy atom. The average molecular weight is 683 g/mol. The van der Waals surface area contributed by atoms with Crippen molar-refractivity contribution in [3.63, 3.8) is 0 Å². The lowest BCUT2D eigenvalue weighted by molar-refractivity contribution is -0.384. The van der Waals surface area contributed by atoms with Crippen LogP contribution in [-0.2, 0) is 25.4 Å². The lowest BCUT2D eigenvalue weighted by Crippen LogP contribution is -2.62. The first-order valence-electron chi connectivity index (χ1n) is 15.7. The van der Waals surface area contributed by atoms with Crippen molar-refractivity contribution in [2.45, 2.75) is 95.3 Å². The molecule has 0 aromatic heterocycles. The number of aliphatic hydroxyl groups excluding tert-OH is 1. The number of carbonyl (C=O) groups excluding carboxylic acids is 3. The van der Waals surface area contributed by atoms with Crippen LogP contribution in [0.2, 0.25) is 18.1 Å². The summed E-state index contributed by atoms with van der Waals surface area (Å²) in [6, 6.07) is 5.35. The molecule has 1 aromatic rings. The Morgan fingerprint density at radius 2 is 1.89 bits per heavy atom. The molecule has 14 nitrogen and oxygen atoms in total. The molecule has 4 N–H and O–H groups in total. The maximum atomic E-state index is 13.3. The molecular formula is C30H50N6O8SSi. The Balaban J connectivity index is 1.57. The number of carbonyl (C=O) groups is 3. The van der Waals surface area contributed by atoms with Crippen molar-refractivity contribution >= 4 is 43.7 Å². The van der Waals surface area contributed by atoms with Crippen LogP contribution in [0.5, 0.6) is 0 Å². The smallest absolute Gasteiger partial charge is 0.410 e. The van der Waals surface area contributed by atoms with Crippen molar-refractivity contribution in [3.8, 4) is 0 Å². The van der Waals surface area contributed by atoms with Crippen LogP contribution in [0, 0.1) is 10.1 Å². The SMILES string of the molecule is CC(SC[C@@H]1C[C@H](O[Si](C)(C)C(C)(C)C)CN1C(=O)OCc1ccc([N+](=O)[O-])cc1)C(=O)NCC(=O)NN1CCNCC1C(C)O. The molecule has 2 heterocycles. The third-order valence-corrected chi connectivity index (χ3v) is 14.7. The maximum absolute atomic E-state index is 13.3. The van der Waals surface area contributed by atoms with Gasteiger partial charge >= 0.3 is 6.09 Å². The second-order valence-electron chi connectivity index (χ2n) is 13.5. The summed E-state index contributed by atoms with van der Waals surface area (Å²) in [5.74, 6) is -0.213. The number of nitro groups is 1. The van der Waals surface area contributed by atoms with Gasteiger partial charge in [0.05, 0.1) is 35.0 Å². The largest absolute Gasteiger partial charge is 0.445 e. The van der Waals surface area contributed by atoms with Crippen LogP contribution in [0.1, 0.15) is 46.6 Å². The first-order valence-corrected chi connectivity index (χ1v) is 19.6. The van der Waals surface area contributed by atoms with Crippen molar-refractivity contribution in [2.24, 2.45) is 0 Å². The molecule has 3 unspecified atom stereocenters. The number of rotatable bonds is 13. The van der Waals surface area contributed by atoms with E-state index in [0.717, 1.165) is 0 Å². The van der Waals surface area contributed by atoms with Crippen molar-refractivity contribution in [3.05, 3.63) is 39.9 Å². The fourth-order valence-electron chi connectivity index (χ4n) is 5.01. The van der Waals surface area contributed by atoms with Gasteiger partial charge in [-0.1, -0.05) is 20.8 Å². The van der Waals surface area contributed by atoms with E-state index >= 15 is 0 Å². The van der Waals surface area contributed by atoms with Crippen LogP contribution < -0.4 is 16.1 Å². The van der Waals surface area contributed by atoms with E-state index in [1.54, 1.807) is 35.9 Å². The van der Waals surface area contributed by atoms with Crippen molar-refractivity contribution in [2.75, 3.05) is 38.5 Å². The minimum Gasteiger partial charge on any atom is -0.445 e. The molecule has 0 saturated carbocycles. The molecule has 2 aliphatic rings. The summed E-state index contributed by atoms with van der Waals surface area (Å²) < 4.78 is 12.3. The fraction of sp³-hybridized carbons (Fsp3) is 0.700. The molecule has 2 saturated heterocycles. The highest BCUT2D eigenvalue weighted by atomic mass is 32.2. The van der Waals surface area contributed by atoms with Gasteiger partial charge in [0.1, 0.15) is 6.61 Å². The highest BCUT2D eigenvalue weighted by Gasteiger charge is 2.44. The van der Waals surface area contributed by atoms with Crippen molar-refractivity contribution in [1.29, 1.82) is 0 Å². The summed E-state index contributed by atoms with van der Waals surface area (Å²) in [4.78, 5) is 50.8. The Labute approximate surface area is 276 Å². The number of non-ortho nitro benzene ring substituents is 1. The van der Waals surface area contributed by atoms with Gasteiger partial charge in [0.25, 0.3) is 11.6 Å². The third-order valence-electron chi connectivity index (χ3n) is 8.83. The van der Waals surface area contributed by atoms with Gasteiger partial charge in [0.15, 0.2) is 8.32 Å². The standard InChI is InChI=1S/C30H50N6O8SSi/c1-20(37)26-15-31-12-13-35(26)33-27(38)16-32-28(39)21(2)45-19-24-14-25(44-46(6,7)30(3,4)5)17-34(24)29(40)43-18-22-8-10-23(11-9-22)36(41)42/h8-11,20-21,24-26,31,37H,12-19H2,1-7H3,(H,32,39)(H,33,38)/t20?,21?,24-,25-,26?/m0/s1. The zero-order chi connectivity index (χ0) is 34.2. The van der Waals surface area contributed by atoms with Gasteiger partial charge < -0.3 is 29.8 Å². The van der Waals surface area contributed by atoms with Gasteiger partial charge in [-0.3, -0.25) is 25.1 Å². The number of nitrogens with zero attached hydrogens (tertiary/aromatic N) is 3. The molecule has 5 atom stereocenters. The predicted molar refractivity (Wildman–Crippen MR) is 179 cm³/mol. The molecule has 0 spiro atoms. The number of aliphatic hydroxyl groups is 1. The van der Waals surface area contributed by atoms with E-state index < -0.39 is 30.7 Å². The number of ether oxygens (including phenoxy) is 1. The van der Waals surface area contributed by atoms with Crippen molar-refractivity contribution < 1.29 is 33.6 Å². The highest BCUT2D eigenvalue weighted by Crippen LogP contribution is 2.39. The normalized spacial score (nSPS) is 22.2. The second-order valence-corrected chi connectivity index (χ2v) is 19.6. The number of amides is 3. The minimum atomic E-state index is -2.12. The van der Waals surface area contributed by atoms with E-state index in [1.807, 2.05) is 0 Å². The molecule has 46 heavy (non-hydrogen) atoms. The van der Waals surface area contributed by atoms with Gasteiger partial charge in [-0.25, -0.2) is 9.80 Å². The lowest BCUT2D eigenvalue weighted by atomic mass is 10.1. The quantitative estimate of drug-likeness (QED) is 0.137. The molecule has 3 rings (SSSR count). The van der Waals surface area contributed by atoms with Crippen LogP contribution in [0.3, 0.4) is 0 Å². The van der Waals surface area contributed by atoms with E-state index in [4.69, 9.17) is 9.16 Å². The Hall–Kier alpha value is -2.76. The Morgan fingerprint density at radius 3 is 2.50 bits per heavy atom. The number of hydrogen-bond acceptors (Lipinski definition) is 11. The third kappa shape index (κ3) is 10.6. The predicted octanol–water partition coefficient (Wildman–Crippen LogP) is 2.62. The van der Waals surface area contributed by atoms with Crippen molar-refractivity contribution in [1.82, 2.24) is 26.0 Å². The number of hydrazine groups is 1. The van der Waals surface area contributed by atoms with E-state index in [9.17, 15) is 29.6 Å². The summed E-state index contributed by atoms with van der Waals surface area (Å²) in [5, 5.41) is 28.0. The van der Waals surface area contributed by atoms with Gasteiger partial charge in [-0.2, -0.15) is 0 Å². The fourth-order valence-corrected chi connectivity index (χ4v) is 7.43. The summed E-state index contributed by atoms with van der Waals surface area (Å²) in [5.41, 5.74) is 3.37. The number of likely N-dealkylation sites (tertiary alicyclic amines) is 1. The maximum Gasteiger partial charge on any atom is 0.410 e. The van der Waals surface area contributed by atoms with E-state index in [-0.39, 0.29) is 53.9 Å². The summed E-state index contributed by atoms with van der Waals surface area (Å²) >= 11 is 1.39. The average Bonchev–Trinajstić information content (AvgIpc) is 3.39. The molecule has 1 aromatic carbocycles. The Bertz CT molecular complexity index is 1210. The molecular weight excluding hydrogens is 633 g/mol. The number of benzene rings is 1. The van der Waals surface area contributed by atoms with E-state index in [1.165, 1.54) is 23.9 Å². The van der Waals surface area contributed by atoms with Gasteiger partial charge in [0, 0.05) is 50.1 Å². The van der Waals surface area contributed by atoms with Crippen LogP contribution >= 0.6 is 11.8 Å². The Kier molecular flexibility index (Phi) is 13.4. The number of piperazine rings is 1. The van der Waals surface area contributed by atoms with Crippen LogP contribution in [0.4, 0.5) is 10.5 Å². The first-order chi connectivity index (χ1) is 21.5. The number of thioether (sulfide) groups is 1. The molecule has 258 valence electrons. The van der Waals surface area contributed by atoms with Crippen LogP contribution in [0.15, 0.2) is 24.3 Å². The van der Waals surface area contributed by atoms with E-state index in [2.05, 4.69) is 49.9 Å². The zero-order valence-corrected chi connectivity index (χ0v) is 29.7. The van der Waals surface area contributed by atoms with Crippen LogP contribution in [0.25, 0.3) is 0 Å². The van der Waals surface area contributed by atoms with Gasteiger partial charge in [-0.15, -0.1) is 11.8 Å². The number of hydrogen-bond donors (Lipinski definition) is 4. The van der Waals surface area contributed by atoms with E-state index in [0.29, 0.717) is 43.9 Å². The first kappa shape index (κ1) is 37.7. The molecule has 2 fully saturated rings. The molecule has 2 aliphatic heterocycles.